The number of H-pyrrole nitrogens is 1. The zero-order chi connectivity index (χ0) is 18.0. The Morgan fingerprint density at radius 1 is 1.20 bits per heavy atom. The van der Waals surface area contributed by atoms with E-state index in [0.717, 1.165) is 12.1 Å². The maximum Gasteiger partial charge on any atom is 0.397 e. The van der Waals surface area contributed by atoms with Crippen molar-refractivity contribution in [2.24, 2.45) is 0 Å². The summed E-state index contributed by atoms with van der Waals surface area (Å²) in [6, 6.07) is 9.39. The van der Waals surface area contributed by atoms with Crippen LogP contribution < -0.4 is 5.32 Å². The number of nitrogens with zero attached hydrogens (tertiary/aromatic N) is 1. The Balaban J connectivity index is 1.83. The van der Waals surface area contributed by atoms with Crippen molar-refractivity contribution in [2.75, 3.05) is 6.54 Å². The van der Waals surface area contributed by atoms with Crippen LogP contribution in [-0.2, 0) is 0 Å². The number of benzene rings is 2. The number of hydrogen-bond acceptors (Lipinski definition) is 2. The molecule has 3 aromatic rings. The molecule has 8 heteroatoms. The van der Waals surface area contributed by atoms with E-state index in [4.69, 9.17) is 0 Å². The van der Waals surface area contributed by atoms with E-state index in [1.54, 1.807) is 6.07 Å². The predicted octanol–water partition coefficient (Wildman–Crippen LogP) is 3.78. The molecule has 1 heterocycles. The topological polar surface area (TPSA) is 57.8 Å². The van der Waals surface area contributed by atoms with Gasteiger partial charge >= 0.3 is 6.18 Å². The van der Waals surface area contributed by atoms with Gasteiger partial charge < -0.3 is 10.3 Å². The molecule has 0 spiro atoms. The van der Waals surface area contributed by atoms with E-state index in [0.29, 0.717) is 5.52 Å². The second-order valence-electron chi connectivity index (χ2n) is 5.47. The molecule has 1 aromatic heterocycles. The van der Waals surface area contributed by atoms with Crippen molar-refractivity contribution in [3.05, 3.63) is 65.7 Å². The molecule has 0 radical (unpaired) electrons. The minimum Gasteiger partial charge on any atom is -0.351 e. The van der Waals surface area contributed by atoms with Crippen molar-refractivity contribution in [3.63, 3.8) is 0 Å². The number of rotatable bonds is 4. The van der Waals surface area contributed by atoms with E-state index in [2.05, 4.69) is 15.3 Å². The van der Waals surface area contributed by atoms with Gasteiger partial charge in [0.05, 0.1) is 23.3 Å². The van der Waals surface area contributed by atoms with Gasteiger partial charge in [-0.2, -0.15) is 13.2 Å². The number of aromatic nitrogens is 2. The smallest absolute Gasteiger partial charge is 0.351 e. The first kappa shape index (κ1) is 16.9. The number of alkyl halides is 3. The highest BCUT2D eigenvalue weighted by Crippen LogP contribution is 2.34. The van der Waals surface area contributed by atoms with E-state index in [9.17, 15) is 22.4 Å². The van der Waals surface area contributed by atoms with E-state index >= 15 is 0 Å². The van der Waals surface area contributed by atoms with E-state index in [1.165, 1.54) is 30.6 Å². The Labute approximate surface area is 139 Å². The van der Waals surface area contributed by atoms with Crippen LogP contribution in [0.3, 0.4) is 0 Å². The molecule has 4 nitrogen and oxygen atoms in total. The average molecular weight is 351 g/mol. The first-order valence-corrected chi connectivity index (χ1v) is 7.39. The van der Waals surface area contributed by atoms with Crippen LogP contribution in [0.25, 0.3) is 11.0 Å². The van der Waals surface area contributed by atoms with Crippen LogP contribution in [0.15, 0.2) is 48.8 Å². The average Bonchev–Trinajstić information content (AvgIpc) is 3.02. The lowest BCUT2D eigenvalue weighted by molar-refractivity contribution is -0.149. The summed E-state index contributed by atoms with van der Waals surface area (Å²) in [5, 5.41) is 2.23. The number of carbonyl (C=O) groups is 1. The van der Waals surface area contributed by atoms with Gasteiger partial charge in [-0.25, -0.2) is 9.37 Å². The molecule has 1 unspecified atom stereocenters. The molecule has 130 valence electrons. The summed E-state index contributed by atoms with van der Waals surface area (Å²) >= 11 is 0. The van der Waals surface area contributed by atoms with Crippen LogP contribution in [-0.4, -0.2) is 28.6 Å². The summed E-state index contributed by atoms with van der Waals surface area (Å²) < 4.78 is 53.5. The molecule has 0 aliphatic heterocycles. The first-order valence-electron chi connectivity index (χ1n) is 7.39. The number of carbonyl (C=O) groups excluding carboxylic acids is 1. The van der Waals surface area contributed by atoms with Crippen LogP contribution in [0.1, 0.15) is 21.8 Å². The first-order chi connectivity index (χ1) is 11.9. The lowest BCUT2D eigenvalue weighted by Crippen LogP contribution is -2.35. The molecule has 0 saturated heterocycles. The SMILES string of the molecule is O=C(NCC(c1ccccc1)C(F)(F)F)c1cc(F)cc2[nH]cnc12. The highest BCUT2D eigenvalue weighted by atomic mass is 19.4. The summed E-state index contributed by atoms with van der Waals surface area (Å²) in [5.41, 5.74) is 0.410. The molecule has 1 atom stereocenters. The molecular weight excluding hydrogens is 338 g/mol. The van der Waals surface area contributed by atoms with Crippen molar-refractivity contribution in [2.45, 2.75) is 12.1 Å². The number of nitrogens with one attached hydrogen (secondary N) is 2. The molecule has 0 bridgehead atoms. The summed E-state index contributed by atoms with van der Waals surface area (Å²) in [6.45, 7) is -0.658. The zero-order valence-corrected chi connectivity index (χ0v) is 12.8. The van der Waals surface area contributed by atoms with Crippen LogP contribution in [0.4, 0.5) is 17.6 Å². The number of imidazole rings is 1. The van der Waals surface area contributed by atoms with Gasteiger partial charge in [0.1, 0.15) is 11.3 Å². The molecule has 2 aromatic carbocycles. The van der Waals surface area contributed by atoms with Crippen molar-refractivity contribution in [1.82, 2.24) is 15.3 Å². The van der Waals surface area contributed by atoms with Gasteiger partial charge in [-0.15, -0.1) is 0 Å². The summed E-state index contributed by atoms with van der Waals surface area (Å²) in [5.74, 6) is -3.36. The highest BCUT2D eigenvalue weighted by molar-refractivity contribution is 6.04. The third-order valence-corrected chi connectivity index (χ3v) is 3.80. The summed E-state index contributed by atoms with van der Waals surface area (Å²) in [6.07, 6.45) is -3.25. The number of amides is 1. The van der Waals surface area contributed by atoms with Crippen molar-refractivity contribution < 1.29 is 22.4 Å². The van der Waals surface area contributed by atoms with Gasteiger partial charge in [0.2, 0.25) is 0 Å². The summed E-state index contributed by atoms with van der Waals surface area (Å²) in [4.78, 5) is 18.8. The quantitative estimate of drug-likeness (QED) is 0.703. The van der Waals surface area contributed by atoms with Gasteiger partial charge in [0.25, 0.3) is 5.91 Å². The fourth-order valence-electron chi connectivity index (χ4n) is 2.59. The Bertz CT molecular complexity index is 890. The van der Waals surface area contributed by atoms with Crippen molar-refractivity contribution >= 4 is 16.9 Å². The van der Waals surface area contributed by atoms with E-state index in [-0.39, 0.29) is 16.6 Å². The largest absolute Gasteiger partial charge is 0.397 e. The fraction of sp³-hybridized carbons (Fsp3) is 0.176. The van der Waals surface area contributed by atoms with Crippen LogP contribution >= 0.6 is 0 Å². The molecule has 25 heavy (non-hydrogen) atoms. The normalized spacial score (nSPS) is 13.0. The Kier molecular flexibility index (Phi) is 4.43. The molecule has 1 amide bonds. The molecule has 0 aliphatic rings. The van der Waals surface area contributed by atoms with Crippen molar-refractivity contribution in [3.8, 4) is 0 Å². The lowest BCUT2D eigenvalue weighted by atomic mass is 9.98. The number of fused-ring (bicyclic) bond motifs is 1. The molecular formula is C17H13F4N3O. The van der Waals surface area contributed by atoms with Gasteiger partial charge in [0, 0.05) is 6.54 Å². The number of aromatic amines is 1. The molecule has 2 N–H and O–H groups in total. The third-order valence-electron chi connectivity index (χ3n) is 3.80. The van der Waals surface area contributed by atoms with E-state index in [1.807, 2.05) is 0 Å². The van der Waals surface area contributed by atoms with Crippen LogP contribution in [0.2, 0.25) is 0 Å². The lowest BCUT2D eigenvalue weighted by Gasteiger charge is -2.21. The minimum atomic E-state index is -4.53. The maximum atomic E-state index is 13.6. The number of halogens is 4. The Hall–Kier alpha value is -2.90. The molecule has 0 fully saturated rings. The van der Waals surface area contributed by atoms with Crippen LogP contribution in [0.5, 0.6) is 0 Å². The second kappa shape index (κ2) is 6.54. The second-order valence-corrected chi connectivity index (χ2v) is 5.47. The molecule has 0 saturated carbocycles. The molecule has 3 rings (SSSR count). The standard InChI is InChI=1S/C17H13F4N3O/c18-11-6-12(15-14(7-11)23-9-24-15)16(25)22-8-13(17(19,20)21)10-4-2-1-3-5-10/h1-7,9,13H,8H2,(H,22,25)(H,23,24). The van der Waals surface area contributed by atoms with Gasteiger partial charge in [-0.05, 0) is 17.7 Å². The van der Waals surface area contributed by atoms with Gasteiger partial charge in [-0.3, -0.25) is 4.79 Å². The molecule has 0 aliphatic carbocycles. The minimum absolute atomic E-state index is 0.0412. The Morgan fingerprint density at radius 3 is 2.60 bits per heavy atom. The van der Waals surface area contributed by atoms with E-state index < -0.39 is 30.4 Å². The number of hydrogen-bond donors (Lipinski definition) is 2. The van der Waals surface area contributed by atoms with Gasteiger partial charge in [0.15, 0.2) is 0 Å². The van der Waals surface area contributed by atoms with Gasteiger partial charge in [-0.1, -0.05) is 30.3 Å². The maximum absolute atomic E-state index is 13.6. The predicted molar refractivity (Wildman–Crippen MR) is 83.6 cm³/mol. The Morgan fingerprint density at radius 2 is 1.92 bits per heavy atom. The summed E-state index contributed by atoms with van der Waals surface area (Å²) in [7, 11) is 0. The fourth-order valence-corrected chi connectivity index (χ4v) is 2.59. The highest BCUT2D eigenvalue weighted by Gasteiger charge is 2.40. The van der Waals surface area contributed by atoms with Crippen molar-refractivity contribution in [1.29, 1.82) is 0 Å². The third kappa shape index (κ3) is 3.62. The zero-order valence-electron chi connectivity index (χ0n) is 12.8. The van der Waals surface area contributed by atoms with Crippen LogP contribution in [0, 0.1) is 5.82 Å². The monoisotopic (exact) mass is 351 g/mol.